The van der Waals surface area contributed by atoms with E-state index in [9.17, 15) is 0 Å². The second-order valence-corrected chi connectivity index (χ2v) is 4.23. The molecule has 1 atom stereocenters. The first-order chi connectivity index (χ1) is 6.65. The van der Waals surface area contributed by atoms with E-state index in [1.807, 2.05) is 13.8 Å². The summed E-state index contributed by atoms with van der Waals surface area (Å²) in [6, 6.07) is 0.285. The minimum absolute atomic E-state index is 0.285. The van der Waals surface area contributed by atoms with Crippen LogP contribution in [0, 0.1) is 26.7 Å². The van der Waals surface area contributed by atoms with Gasteiger partial charge in [-0.2, -0.15) is 0 Å². The third-order valence-corrected chi connectivity index (χ3v) is 3.20. The Kier molecular flexibility index (Phi) is 2.37. The molecule has 1 unspecified atom stereocenters. The Hall–Kier alpha value is -0.800. The molecule has 3 nitrogen and oxygen atoms in total. The number of furan rings is 1. The fourth-order valence-corrected chi connectivity index (χ4v) is 2.15. The van der Waals surface area contributed by atoms with E-state index in [0.29, 0.717) is 5.92 Å². The lowest BCUT2D eigenvalue weighted by atomic mass is 9.99. The van der Waals surface area contributed by atoms with E-state index in [0.717, 1.165) is 11.5 Å². The molecule has 1 heterocycles. The van der Waals surface area contributed by atoms with Gasteiger partial charge in [-0.1, -0.05) is 0 Å². The second-order valence-electron chi connectivity index (χ2n) is 4.23. The van der Waals surface area contributed by atoms with Crippen LogP contribution in [0.25, 0.3) is 0 Å². The van der Waals surface area contributed by atoms with Gasteiger partial charge in [0.15, 0.2) is 0 Å². The molecule has 14 heavy (non-hydrogen) atoms. The highest BCUT2D eigenvalue weighted by Crippen LogP contribution is 2.43. The summed E-state index contributed by atoms with van der Waals surface area (Å²) in [6.45, 7) is 6.13. The van der Waals surface area contributed by atoms with Crippen molar-refractivity contribution in [1.29, 1.82) is 0 Å². The quantitative estimate of drug-likeness (QED) is 0.572. The Balaban J connectivity index is 2.37. The van der Waals surface area contributed by atoms with Crippen LogP contribution in [0.1, 0.15) is 41.5 Å². The third kappa shape index (κ3) is 1.47. The van der Waals surface area contributed by atoms with Crippen molar-refractivity contribution in [2.75, 3.05) is 0 Å². The van der Waals surface area contributed by atoms with E-state index in [1.165, 1.54) is 24.0 Å². The summed E-state index contributed by atoms with van der Waals surface area (Å²) in [5, 5.41) is 0. The van der Waals surface area contributed by atoms with Crippen molar-refractivity contribution >= 4 is 0 Å². The molecule has 78 valence electrons. The molecule has 0 radical (unpaired) electrons. The molecule has 0 aliphatic heterocycles. The van der Waals surface area contributed by atoms with Crippen molar-refractivity contribution in [3.63, 3.8) is 0 Å². The van der Waals surface area contributed by atoms with E-state index in [4.69, 9.17) is 10.3 Å². The molecule has 1 aliphatic rings. The summed E-state index contributed by atoms with van der Waals surface area (Å²) in [5.74, 6) is 8.33. The molecule has 3 heteroatoms. The molecule has 1 saturated carbocycles. The Morgan fingerprint density at radius 3 is 2.29 bits per heavy atom. The predicted octanol–water partition coefficient (Wildman–Crippen LogP) is 2.12. The number of aryl methyl sites for hydroxylation is 2. The summed E-state index contributed by atoms with van der Waals surface area (Å²) >= 11 is 0. The number of hydrazine groups is 1. The van der Waals surface area contributed by atoms with Crippen LogP contribution in [-0.2, 0) is 0 Å². The van der Waals surface area contributed by atoms with Gasteiger partial charge >= 0.3 is 0 Å². The molecule has 0 aromatic carbocycles. The number of nitrogens with one attached hydrogen (secondary N) is 1. The minimum atomic E-state index is 0.285. The van der Waals surface area contributed by atoms with E-state index in [1.54, 1.807) is 0 Å². The zero-order valence-corrected chi connectivity index (χ0v) is 9.05. The molecule has 1 aromatic rings. The zero-order chi connectivity index (χ0) is 10.3. The molecule has 0 amide bonds. The molecule has 0 bridgehead atoms. The van der Waals surface area contributed by atoms with E-state index in [2.05, 4.69) is 12.3 Å². The summed E-state index contributed by atoms with van der Waals surface area (Å²) in [5.41, 5.74) is 5.43. The molecule has 2 rings (SSSR count). The van der Waals surface area contributed by atoms with Gasteiger partial charge in [-0.3, -0.25) is 11.3 Å². The van der Waals surface area contributed by atoms with Crippen LogP contribution in [0.3, 0.4) is 0 Å². The Bertz CT molecular complexity index is 339. The maximum absolute atomic E-state index is 5.61. The fourth-order valence-electron chi connectivity index (χ4n) is 2.15. The monoisotopic (exact) mass is 194 g/mol. The molecular weight excluding hydrogens is 176 g/mol. The molecule has 0 saturated heterocycles. The SMILES string of the molecule is Cc1oc(C)c(C(NN)C2CC2)c1C. The summed E-state index contributed by atoms with van der Waals surface area (Å²) < 4.78 is 5.61. The van der Waals surface area contributed by atoms with Crippen LogP contribution < -0.4 is 11.3 Å². The van der Waals surface area contributed by atoms with Crippen molar-refractivity contribution in [1.82, 2.24) is 5.43 Å². The van der Waals surface area contributed by atoms with Crippen LogP contribution in [-0.4, -0.2) is 0 Å². The molecule has 0 spiro atoms. The topological polar surface area (TPSA) is 51.2 Å². The lowest BCUT2D eigenvalue weighted by Gasteiger charge is -2.15. The average Bonchev–Trinajstić information content (AvgIpc) is 2.91. The summed E-state index contributed by atoms with van der Waals surface area (Å²) in [7, 11) is 0. The summed E-state index contributed by atoms with van der Waals surface area (Å²) in [6.07, 6.45) is 2.55. The lowest BCUT2D eigenvalue weighted by molar-refractivity contribution is 0.464. The van der Waals surface area contributed by atoms with Gasteiger partial charge in [0.2, 0.25) is 0 Å². The van der Waals surface area contributed by atoms with E-state index >= 15 is 0 Å². The molecule has 1 fully saturated rings. The molecular formula is C11H18N2O. The van der Waals surface area contributed by atoms with E-state index < -0.39 is 0 Å². The Labute approximate surface area is 84.6 Å². The van der Waals surface area contributed by atoms with Gasteiger partial charge in [0.05, 0.1) is 6.04 Å². The third-order valence-electron chi connectivity index (χ3n) is 3.20. The van der Waals surface area contributed by atoms with Gasteiger partial charge < -0.3 is 4.42 Å². The van der Waals surface area contributed by atoms with Gasteiger partial charge in [0, 0.05) is 5.56 Å². The normalized spacial score (nSPS) is 18.6. The lowest BCUT2D eigenvalue weighted by Crippen LogP contribution is -2.30. The first-order valence-electron chi connectivity index (χ1n) is 5.17. The number of hydrogen-bond acceptors (Lipinski definition) is 3. The van der Waals surface area contributed by atoms with Crippen molar-refractivity contribution in [3.8, 4) is 0 Å². The number of nitrogens with two attached hydrogens (primary N) is 1. The highest BCUT2D eigenvalue weighted by atomic mass is 16.3. The van der Waals surface area contributed by atoms with Crippen LogP contribution in [0.15, 0.2) is 4.42 Å². The molecule has 3 N–H and O–H groups in total. The Morgan fingerprint density at radius 2 is 1.93 bits per heavy atom. The first-order valence-corrected chi connectivity index (χ1v) is 5.17. The number of hydrogen-bond donors (Lipinski definition) is 2. The van der Waals surface area contributed by atoms with Crippen LogP contribution in [0.4, 0.5) is 0 Å². The smallest absolute Gasteiger partial charge is 0.106 e. The standard InChI is InChI=1S/C11H18N2O/c1-6-7(2)14-8(3)10(6)11(13-12)9-4-5-9/h9,11,13H,4-5,12H2,1-3H3. The second kappa shape index (κ2) is 3.41. The maximum atomic E-state index is 5.61. The fraction of sp³-hybridized carbons (Fsp3) is 0.636. The average molecular weight is 194 g/mol. The van der Waals surface area contributed by atoms with Crippen LogP contribution in [0.5, 0.6) is 0 Å². The van der Waals surface area contributed by atoms with Crippen molar-refractivity contribution in [2.24, 2.45) is 11.8 Å². The van der Waals surface area contributed by atoms with Gasteiger partial charge in [0.1, 0.15) is 11.5 Å². The highest BCUT2D eigenvalue weighted by Gasteiger charge is 2.34. The van der Waals surface area contributed by atoms with Gasteiger partial charge in [0.25, 0.3) is 0 Å². The maximum Gasteiger partial charge on any atom is 0.106 e. The zero-order valence-electron chi connectivity index (χ0n) is 9.05. The largest absolute Gasteiger partial charge is 0.466 e. The van der Waals surface area contributed by atoms with Crippen LogP contribution >= 0.6 is 0 Å². The van der Waals surface area contributed by atoms with E-state index in [-0.39, 0.29) is 6.04 Å². The van der Waals surface area contributed by atoms with Gasteiger partial charge in [-0.15, -0.1) is 0 Å². The summed E-state index contributed by atoms with van der Waals surface area (Å²) in [4.78, 5) is 0. The Morgan fingerprint density at radius 1 is 1.29 bits per heavy atom. The molecule has 1 aliphatic carbocycles. The molecule has 1 aromatic heterocycles. The predicted molar refractivity (Wildman–Crippen MR) is 55.7 cm³/mol. The van der Waals surface area contributed by atoms with Gasteiger partial charge in [-0.05, 0) is 45.1 Å². The van der Waals surface area contributed by atoms with Crippen LogP contribution in [0.2, 0.25) is 0 Å². The number of rotatable bonds is 3. The van der Waals surface area contributed by atoms with Crippen molar-refractivity contribution in [2.45, 2.75) is 39.7 Å². The van der Waals surface area contributed by atoms with Gasteiger partial charge in [-0.25, -0.2) is 0 Å². The van der Waals surface area contributed by atoms with Crippen molar-refractivity contribution in [3.05, 3.63) is 22.6 Å². The minimum Gasteiger partial charge on any atom is -0.466 e. The first kappa shape index (κ1) is 9.74. The highest BCUT2D eigenvalue weighted by molar-refractivity contribution is 5.35. The van der Waals surface area contributed by atoms with Crippen molar-refractivity contribution < 1.29 is 4.42 Å².